The molecule has 1 atom stereocenters. The number of benzene rings is 1. The lowest BCUT2D eigenvalue weighted by Gasteiger charge is -2.32. The van der Waals surface area contributed by atoms with Crippen molar-refractivity contribution in [2.45, 2.75) is 31.7 Å². The third kappa shape index (κ3) is 2.97. The van der Waals surface area contributed by atoms with Gasteiger partial charge in [0.1, 0.15) is 11.5 Å². The van der Waals surface area contributed by atoms with Gasteiger partial charge in [0.2, 0.25) is 0 Å². The molecule has 2 heterocycles. The molecule has 1 amide bonds. The van der Waals surface area contributed by atoms with Crippen LogP contribution in [0.15, 0.2) is 18.2 Å². The van der Waals surface area contributed by atoms with E-state index in [1.54, 1.807) is 4.90 Å². The van der Waals surface area contributed by atoms with E-state index < -0.39 is 0 Å². The molecule has 3 rings (SSSR count). The summed E-state index contributed by atoms with van der Waals surface area (Å²) >= 11 is 0. The maximum absolute atomic E-state index is 12.5. The molecule has 0 aliphatic carbocycles. The molecule has 2 aliphatic rings. The Labute approximate surface area is 124 Å². The number of amides is 1. The average molecular weight is 290 g/mol. The van der Waals surface area contributed by atoms with Crippen molar-refractivity contribution in [3.05, 3.63) is 23.8 Å². The van der Waals surface area contributed by atoms with E-state index in [2.05, 4.69) is 4.90 Å². The van der Waals surface area contributed by atoms with Crippen LogP contribution < -0.4 is 0 Å². The molecule has 1 unspecified atom stereocenters. The average Bonchev–Trinajstić information content (AvgIpc) is 3.00. The van der Waals surface area contributed by atoms with Gasteiger partial charge in [0.25, 0.3) is 5.91 Å². The highest BCUT2D eigenvalue weighted by atomic mass is 16.3. The van der Waals surface area contributed by atoms with E-state index in [9.17, 15) is 15.0 Å². The highest BCUT2D eigenvalue weighted by Crippen LogP contribution is 2.26. The minimum absolute atomic E-state index is 0.00271. The Hall–Kier alpha value is -1.75. The number of piperidine rings is 1. The predicted octanol–water partition coefficient (Wildman–Crippen LogP) is 1.80. The first-order chi connectivity index (χ1) is 10.1. The van der Waals surface area contributed by atoms with E-state index in [0.29, 0.717) is 12.6 Å². The van der Waals surface area contributed by atoms with Crippen molar-refractivity contribution in [2.24, 2.45) is 0 Å². The third-order valence-corrected chi connectivity index (χ3v) is 4.57. The van der Waals surface area contributed by atoms with Gasteiger partial charge in [-0.3, -0.25) is 9.69 Å². The van der Waals surface area contributed by atoms with Gasteiger partial charge in [-0.2, -0.15) is 0 Å². The quantitative estimate of drug-likeness (QED) is 0.815. The summed E-state index contributed by atoms with van der Waals surface area (Å²) in [5, 5.41) is 19.3. The van der Waals surface area contributed by atoms with Gasteiger partial charge >= 0.3 is 0 Å². The maximum Gasteiger partial charge on any atom is 0.257 e. The minimum Gasteiger partial charge on any atom is -0.508 e. The Morgan fingerprint density at radius 1 is 1.10 bits per heavy atom. The van der Waals surface area contributed by atoms with Crippen LogP contribution in [-0.2, 0) is 0 Å². The lowest BCUT2D eigenvalue weighted by molar-refractivity contribution is 0.0768. The number of hydrogen-bond acceptors (Lipinski definition) is 4. The summed E-state index contributed by atoms with van der Waals surface area (Å²) in [6.07, 6.45) is 4.80. The highest BCUT2D eigenvalue weighted by Gasteiger charge is 2.32. The zero-order valence-corrected chi connectivity index (χ0v) is 12.2. The molecular weight excluding hydrogens is 268 g/mol. The Balaban J connectivity index is 1.67. The maximum atomic E-state index is 12.5. The van der Waals surface area contributed by atoms with Crippen molar-refractivity contribution < 1.29 is 15.0 Å². The molecule has 0 bridgehead atoms. The molecule has 5 heteroatoms. The number of aromatic hydroxyl groups is 2. The van der Waals surface area contributed by atoms with Gasteiger partial charge in [0.15, 0.2) is 0 Å². The number of carbonyl (C=O) groups is 1. The molecule has 0 saturated carbocycles. The van der Waals surface area contributed by atoms with E-state index in [4.69, 9.17) is 0 Å². The fraction of sp³-hybridized carbons (Fsp3) is 0.562. The van der Waals surface area contributed by atoms with E-state index >= 15 is 0 Å². The van der Waals surface area contributed by atoms with Gasteiger partial charge in [-0.1, -0.05) is 6.42 Å². The molecule has 114 valence electrons. The summed E-state index contributed by atoms with van der Waals surface area (Å²) < 4.78 is 0. The Bertz CT molecular complexity index is 526. The lowest BCUT2D eigenvalue weighted by atomic mass is 10.1. The molecule has 2 aliphatic heterocycles. The predicted molar refractivity (Wildman–Crippen MR) is 79.5 cm³/mol. The summed E-state index contributed by atoms with van der Waals surface area (Å²) in [6.45, 7) is 3.69. The number of carbonyl (C=O) groups excluding carboxylic acids is 1. The van der Waals surface area contributed by atoms with Crippen LogP contribution in [0, 0.1) is 0 Å². The second kappa shape index (κ2) is 5.93. The summed E-state index contributed by atoms with van der Waals surface area (Å²) in [7, 11) is 0. The van der Waals surface area contributed by atoms with Crippen LogP contribution in [-0.4, -0.2) is 58.1 Å². The zero-order valence-electron chi connectivity index (χ0n) is 12.2. The fourth-order valence-electron chi connectivity index (χ4n) is 3.37. The van der Waals surface area contributed by atoms with E-state index in [-0.39, 0.29) is 23.0 Å². The third-order valence-electron chi connectivity index (χ3n) is 4.57. The van der Waals surface area contributed by atoms with E-state index in [0.717, 1.165) is 26.1 Å². The van der Waals surface area contributed by atoms with Crippen LogP contribution in [0.4, 0.5) is 0 Å². The summed E-state index contributed by atoms with van der Waals surface area (Å²) in [4.78, 5) is 16.8. The number of likely N-dealkylation sites (tertiary alicyclic amines) is 2. The summed E-state index contributed by atoms with van der Waals surface area (Å²) in [5.41, 5.74) is 0.189. The van der Waals surface area contributed by atoms with Crippen LogP contribution in [0.2, 0.25) is 0 Å². The Kier molecular flexibility index (Phi) is 4.01. The molecular formula is C16H22N2O3. The van der Waals surface area contributed by atoms with Crippen LogP contribution in [0.3, 0.4) is 0 Å². The van der Waals surface area contributed by atoms with Crippen LogP contribution >= 0.6 is 0 Å². The number of nitrogens with zero attached hydrogens (tertiary/aromatic N) is 2. The first-order valence-electron chi connectivity index (χ1n) is 7.70. The topological polar surface area (TPSA) is 64.0 Å². The number of hydrogen-bond donors (Lipinski definition) is 2. The molecule has 1 aromatic carbocycles. The first-order valence-corrected chi connectivity index (χ1v) is 7.70. The van der Waals surface area contributed by atoms with Gasteiger partial charge < -0.3 is 15.1 Å². The van der Waals surface area contributed by atoms with Gasteiger partial charge in [-0.25, -0.2) is 0 Å². The van der Waals surface area contributed by atoms with Gasteiger partial charge in [-0.05, 0) is 50.6 Å². The number of phenolic OH excluding ortho intramolecular Hbond substituents is 2. The van der Waals surface area contributed by atoms with Gasteiger partial charge in [-0.15, -0.1) is 0 Å². The molecule has 0 spiro atoms. The summed E-state index contributed by atoms with van der Waals surface area (Å²) in [6, 6.07) is 4.52. The molecule has 21 heavy (non-hydrogen) atoms. The van der Waals surface area contributed by atoms with Crippen molar-refractivity contribution >= 4 is 5.91 Å². The van der Waals surface area contributed by atoms with Crippen molar-refractivity contribution in [1.82, 2.24) is 9.80 Å². The monoisotopic (exact) mass is 290 g/mol. The Morgan fingerprint density at radius 2 is 1.86 bits per heavy atom. The first kappa shape index (κ1) is 14.2. The molecule has 2 N–H and O–H groups in total. The standard InChI is InChI=1S/C16H22N2O3/c19-13-4-5-15(20)14(10-13)16(21)18-9-6-12(11-18)17-7-2-1-3-8-17/h4-5,10,12,19-20H,1-3,6-9,11H2. The van der Waals surface area contributed by atoms with Gasteiger partial charge in [0.05, 0.1) is 5.56 Å². The van der Waals surface area contributed by atoms with Crippen molar-refractivity contribution in [2.75, 3.05) is 26.2 Å². The van der Waals surface area contributed by atoms with Crippen molar-refractivity contribution in [1.29, 1.82) is 0 Å². The van der Waals surface area contributed by atoms with Crippen molar-refractivity contribution in [3.8, 4) is 11.5 Å². The lowest BCUT2D eigenvalue weighted by Crippen LogP contribution is -2.41. The number of phenols is 2. The molecule has 0 radical (unpaired) electrons. The zero-order chi connectivity index (χ0) is 14.8. The highest BCUT2D eigenvalue weighted by molar-refractivity contribution is 5.97. The second-order valence-corrected chi connectivity index (χ2v) is 5.99. The SMILES string of the molecule is O=C(c1cc(O)ccc1O)N1CCC(N2CCCCC2)C1. The van der Waals surface area contributed by atoms with E-state index in [1.165, 1.54) is 37.5 Å². The molecule has 0 aromatic heterocycles. The van der Waals surface area contributed by atoms with Crippen molar-refractivity contribution in [3.63, 3.8) is 0 Å². The van der Waals surface area contributed by atoms with Crippen LogP contribution in [0.5, 0.6) is 11.5 Å². The fourth-order valence-corrected chi connectivity index (χ4v) is 3.37. The van der Waals surface area contributed by atoms with Crippen LogP contribution in [0.25, 0.3) is 0 Å². The number of rotatable bonds is 2. The Morgan fingerprint density at radius 3 is 2.62 bits per heavy atom. The van der Waals surface area contributed by atoms with Crippen LogP contribution in [0.1, 0.15) is 36.0 Å². The second-order valence-electron chi connectivity index (χ2n) is 5.99. The molecule has 2 saturated heterocycles. The minimum atomic E-state index is -0.192. The molecule has 2 fully saturated rings. The normalized spacial score (nSPS) is 23.4. The molecule has 5 nitrogen and oxygen atoms in total. The largest absolute Gasteiger partial charge is 0.508 e. The summed E-state index contributed by atoms with van der Waals surface area (Å²) in [5.74, 6) is -0.259. The smallest absolute Gasteiger partial charge is 0.257 e. The van der Waals surface area contributed by atoms with E-state index in [1.807, 2.05) is 0 Å². The van der Waals surface area contributed by atoms with Gasteiger partial charge in [0, 0.05) is 19.1 Å². The molecule has 1 aromatic rings.